The van der Waals surface area contributed by atoms with E-state index in [0.29, 0.717) is 17.7 Å². The van der Waals surface area contributed by atoms with Crippen molar-refractivity contribution < 1.29 is 13.9 Å². The Morgan fingerprint density at radius 1 is 1.24 bits per heavy atom. The van der Waals surface area contributed by atoms with Crippen LogP contribution in [0, 0.1) is 12.7 Å². The van der Waals surface area contributed by atoms with Crippen molar-refractivity contribution in [3.05, 3.63) is 59.4 Å². The molecule has 1 unspecified atom stereocenters. The summed E-state index contributed by atoms with van der Waals surface area (Å²) >= 11 is 0. The first-order chi connectivity index (χ1) is 10.1. The number of nitrogens with one attached hydrogen (secondary N) is 1. The summed E-state index contributed by atoms with van der Waals surface area (Å²) in [4.78, 5) is 12.2. The van der Waals surface area contributed by atoms with Gasteiger partial charge >= 0.3 is 0 Å². The van der Waals surface area contributed by atoms with E-state index in [1.807, 2.05) is 24.3 Å². The van der Waals surface area contributed by atoms with E-state index in [1.165, 1.54) is 6.07 Å². The number of hydrogen-bond acceptors (Lipinski definition) is 2. The molecular formula is C17H16FNO2. The molecule has 3 nitrogen and oxygen atoms in total. The summed E-state index contributed by atoms with van der Waals surface area (Å²) in [5, 5.41) is 2.86. The third-order valence-electron chi connectivity index (χ3n) is 3.67. The van der Waals surface area contributed by atoms with Crippen molar-refractivity contribution in [3.8, 4) is 5.75 Å². The van der Waals surface area contributed by atoms with E-state index in [9.17, 15) is 9.18 Å². The van der Waals surface area contributed by atoms with Crippen LogP contribution in [0.5, 0.6) is 5.75 Å². The van der Waals surface area contributed by atoms with Crippen LogP contribution < -0.4 is 10.1 Å². The lowest BCUT2D eigenvalue weighted by Gasteiger charge is -2.16. The fraction of sp³-hybridized carbons (Fsp3) is 0.235. The summed E-state index contributed by atoms with van der Waals surface area (Å²) in [5.41, 5.74) is 2.47. The molecule has 2 aromatic rings. The summed E-state index contributed by atoms with van der Waals surface area (Å²) in [5.74, 6) is -0.144. The zero-order valence-corrected chi connectivity index (χ0v) is 11.7. The number of rotatable bonds is 2. The zero-order valence-electron chi connectivity index (χ0n) is 11.7. The van der Waals surface area contributed by atoms with Crippen LogP contribution in [0.15, 0.2) is 42.5 Å². The fourth-order valence-electron chi connectivity index (χ4n) is 2.41. The Labute approximate surface area is 122 Å². The minimum atomic E-state index is -0.612. The number of ether oxygens (including phenoxy) is 1. The molecular weight excluding hydrogens is 269 g/mol. The quantitative estimate of drug-likeness (QED) is 0.917. The number of hydrogen-bond donors (Lipinski definition) is 1. The summed E-state index contributed by atoms with van der Waals surface area (Å²) in [6, 6.07) is 12.3. The third kappa shape index (κ3) is 2.89. The second-order valence-electron chi connectivity index (χ2n) is 5.20. The number of halogens is 1. The van der Waals surface area contributed by atoms with Gasteiger partial charge in [-0.3, -0.25) is 4.79 Å². The van der Waals surface area contributed by atoms with E-state index >= 15 is 0 Å². The SMILES string of the molecule is Cc1ccc(OC2CCc3ccccc3NC2=O)cc1F. The molecule has 0 saturated carbocycles. The lowest BCUT2D eigenvalue weighted by atomic mass is 10.1. The molecule has 1 atom stereocenters. The molecule has 0 aromatic heterocycles. The maximum atomic E-state index is 13.5. The van der Waals surface area contributed by atoms with Gasteiger partial charge in [0.05, 0.1) is 0 Å². The van der Waals surface area contributed by atoms with Gasteiger partial charge in [-0.05, 0) is 43.0 Å². The lowest BCUT2D eigenvalue weighted by Crippen LogP contribution is -2.31. The molecule has 2 aromatic carbocycles. The highest BCUT2D eigenvalue weighted by Gasteiger charge is 2.25. The molecule has 0 saturated heterocycles. The summed E-state index contributed by atoms with van der Waals surface area (Å²) in [6.07, 6.45) is 0.700. The van der Waals surface area contributed by atoms with Crippen molar-refractivity contribution >= 4 is 11.6 Å². The van der Waals surface area contributed by atoms with E-state index in [4.69, 9.17) is 4.74 Å². The van der Waals surface area contributed by atoms with Gasteiger partial charge in [0.15, 0.2) is 6.10 Å². The number of para-hydroxylation sites is 1. The predicted octanol–water partition coefficient (Wildman–Crippen LogP) is 3.47. The summed E-state index contributed by atoms with van der Waals surface area (Å²) < 4.78 is 19.2. The van der Waals surface area contributed by atoms with Crippen LogP contribution >= 0.6 is 0 Å². The number of fused-ring (bicyclic) bond motifs is 1. The number of carbonyl (C=O) groups excluding carboxylic acids is 1. The van der Waals surface area contributed by atoms with Crippen molar-refractivity contribution in [3.63, 3.8) is 0 Å². The van der Waals surface area contributed by atoms with Gasteiger partial charge in [0, 0.05) is 11.8 Å². The smallest absolute Gasteiger partial charge is 0.265 e. The van der Waals surface area contributed by atoms with E-state index in [1.54, 1.807) is 19.1 Å². The highest BCUT2D eigenvalue weighted by molar-refractivity contribution is 5.95. The number of carbonyl (C=O) groups is 1. The van der Waals surface area contributed by atoms with Gasteiger partial charge in [0.2, 0.25) is 0 Å². The molecule has 1 aliphatic heterocycles. The van der Waals surface area contributed by atoms with Gasteiger partial charge in [0.1, 0.15) is 11.6 Å². The first-order valence-corrected chi connectivity index (χ1v) is 6.95. The van der Waals surface area contributed by atoms with E-state index in [0.717, 1.165) is 17.7 Å². The molecule has 1 amide bonds. The molecule has 4 heteroatoms. The van der Waals surface area contributed by atoms with Crippen LogP contribution in [-0.4, -0.2) is 12.0 Å². The predicted molar refractivity (Wildman–Crippen MR) is 78.9 cm³/mol. The van der Waals surface area contributed by atoms with Gasteiger partial charge in [-0.1, -0.05) is 24.3 Å². The molecule has 1 aliphatic rings. The zero-order chi connectivity index (χ0) is 14.8. The molecule has 0 spiro atoms. The highest BCUT2D eigenvalue weighted by Crippen LogP contribution is 2.24. The molecule has 1 N–H and O–H groups in total. The number of amides is 1. The van der Waals surface area contributed by atoms with Crippen molar-refractivity contribution in [2.45, 2.75) is 25.9 Å². The first kappa shape index (κ1) is 13.6. The van der Waals surface area contributed by atoms with Crippen molar-refractivity contribution in [2.24, 2.45) is 0 Å². The van der Waals surface area contributed by atoms with Crippen LogP contribution in [-0.2, 0) is 11.2 Å². The van der Waals surface area contributed by atoms with Crippen LogP contribution in [0.1, 0.15) is 17.5 Å². The van der Waals surface area contributed by atoms with E-state index < -0.39 is 6.10 Å². The van der Waals surface area contributed by atoms with Crippen LogP contribution in [0.3, 0.4) is 0 Å². The maximum absolute atomic E-state index is 13.5. The minimum absolute atomic E-state index is 0.194. The van der Waals surface area contributed by atoms with Gasteiger partial charge < -0.3 is 10.1 Å². The average Bonchev–Trinajstić information content (AvgIpc) is 2.63. The molecule has 0 fully saturated rings. The van der Waals surface area contributed by atoms with Crippen LogP contribution in [0.25, 0.3) is 0 Å². The molecule has 0 radical (unpaired) electrons. The van der Waals surface area contributed by atoms with Gasteiger partial charge in [-0.15, -0.1) is 0 Å². The summed E-state index contributed by atoms with van der Waals surface area (Å²) in [7, 11) is 0. The first-order valence-electron chi connectivity index (χ1n) is 6.95. The highest BCUT2D eigenvalue weighted by atomic mass is 19.1. The average molecular weight is 285 g/mol. The maximum Gasteiger partial charge on any atom is 0.265 e. The Bertz CT molecular complexity index is 684. The third-order valence-corrected chi connectivity index (χ3v) is 3.67. The van der Waals surface area contributed by atoms with Gasteiger partial charge in [-0.25, -0.2) is 4.39 Å². The van der Waals surface area contributed by atoms with E-state index in [2.05, 4.69) is 5.32 Å². The Balaban J connectivity index is 1.78. The second-order valence-corrected chi connectivity index (χ2v) is 5.20. The number of benzene rings is 2. The monoisotopic (exact) mass is 285 g/mol. The van der Waals surface area contributed by atoms with Crippen LogP contribution in [0.2, 0.25) is 0 Å². The standard InChI is InChI=1S/C17H16FNO2/c1-11-6-8-13(10-14(11)18)21-16-9-7-12-4-2-3-5-15(12)19-17(16)20/h2-6,8,10,16H,7,9H2,1H3,(H,19,20). The molecule has 3 rings (SSSR count). The van der Waals surface area contributed by atoms with Crippen molar-refractivity contribution in [2.75, 3.05) is 5.32 Å². The number of anilines is 1. The molecule has 21 heavy (non-hydrogen) atoms. The Kier molecular flexibility index (Phi) is 3.60. The van der Waals surface area contributed by atoms with Gasteiger partial charge in [-0.2, -0.15) is 0 Å². The molecule has 0 aliphatic carbocycles. The molecule has 0 bridgehead atoms. The number of aryl methyl sites for hydroxylation is 2. The largest absolute Gasteiger partial charge is 0.480 e. The minimum Gasteiger partial charge on any atom is -0.480 e. The normalized spacial score (nSPS) is 17.6. The topological polar surface area (TPSA) is 38.3 Å². The Morgan fingerprint density at radius 2 is 2.05 bits per heavy atom. The van der Waals surface area contributed by atoms with Gasteiger partial charge in [0.25, 0.3) is 5.91 Å². The molecule has 1 heterocycles. The van der Waals surface area contributed by atoms with Crippen molar-refractivity contribution in [1.29, 1.82) is 0 Å². The fourth-order valence-corrected chi connectivity index (χ4v) is 2.41. The lowest BCUT2D eigenvalue weighted by molar-refractivity contribution is -0.122. The second kappa shape index (κ2) is 5.56. The molecule has 108 valence electrons. The van der Waals surface area contributed by atoms with Crippen molar-refractivity contribution in [1.82, 2.24) is 0 Å². The summed E-state index contributed by atoms with van der Waals surface area (Å²) in [6.45, 7) is 1.69. The van der Waals surface area contributed by atoms with Crippen LogP contribution in [0.4, 0.5) is 10.1 Å². The Hall–Kier alpha value is -2.36. The van der Waals surface area contributed by atoms with E-state index in [-0.39, 0.29) is 11.7 Å². The Morgan fingerprint density at radius 3 is 2.86 bits per heavy atom.